The molecule has 0 bridgehead atoms. The first-order valence-corrected chi connectivity index (χ1v) is 6.93. The SMILES string of the molecule is CCCCOCC(O)CNCCC(=O)NCCC. The summed E-state index contributed by atoms with van der Waals surface area (Å²) >= 11 is 0. The van der Waals surface area contributed by atoms with Gasteiger partial charge in [0.2, 0.25) is 5.91 Å². The Balaban J connectivity index is 3.28. The third-order valence-electron chi connectivity index (χ3n) is 2.43. The Bertz CT molecular complexity index is 201. The van der Waals surface area contributed by atoms with Gasteiger partial charge in [-0.05, 0) is 12.8 Å². The van der Waals surface area contributed by atoms with Crippen molar-refractivity contribution < 1.29 is 14.6 Å². The molecule has 1 atom stereocenters. The van der Waals surface area contributed by atoms with Crippen LogP contribution in [0.3, 0.4) is 0 Å². The molecule has 3 N–H and O–H groups in total. The minimum Gasteiger partial charge on any atom is -0.389 e. The van der Waals surface area contributed by atoms with Crippen molar-refractivity contribution in [2.45, 2.75) is 45.6 Å². The Morgan fingerprint density at radius 1 is 1.28 bits per heavy atom. The molecule has 0 rings (SSSR count). The third kappa shape index (κ3) is 11.8. The minimum absolute atomic E-state index is 0.0537. The Kier molecular flexibility index (Phi) is 12.3. The lowest BCUT2D eigenvalue weighted by atomic mass is 10.3. The Morgan fingerprint density at radius 3 is 2.72 bits per heavy atom. The van der Waals surface area contributed by atoms with E-state index in [1.54, 1.807) is 0 Å². The monoisotopic (exact) mass is 260 g/mol. The summed E-state index contributed by atoms with van der Waals surface area (Å²) in [5.74, 6) is 0.0537. The van der Waals surface area contributed by atoms with E-state index in [4.69, 9.17) is 4.74 Å². The van der Waals surface area contributed by atoms with Gasteiger partial charge in [-0.3, -0.25) is 4.79 Å². The molecule has 0 aromatic carbocycles. The van der Waals surface area contributed by atoms with E-state index in [-0.39, 0.29) is 5.91 Å². The third-order valence-corrected chi connectivity index (χ3v) is 2.43. The summed E-state index contributed by atoms with van der Waals surface area (Å²) < 4.78 is 5.30. The van der Waals surface area contributed by atoms with E-state index in [0.29, 0.717) is 32.7 Å². The van der Waals surface area contributed by atoms with Gasteiger partial charge in [0.15, 0.2) is 0 Å². The second-order valence-electron chi connectivity index (χ2n) is 4.39. The summed E-state index contributed by atoms with van der Waals surface area (Å²) in [7, 11) is 0. The summed E-state index contributed by atoms with van der Waals surface area (Å²) in [5, 5.41) is 15.4. The fraction of sp³-hybridized carbons (Fsp3) is 0.923. The average Bonchev–Trinajstić information content (AvgIpc) is 2.37. The molecular formula is C13H28N2O3. The maximum Gasteiger partial charge on any atom is 0.221 e. The largest absolute Gasteiger partial charge is 0.389 e. The number of aliphatic hydroxyl groups is 1. The first-order chi connectivity index (χ1) is 8.70. The molecule has 0 saturated carbocycles. The molecule has 1 amide bonds. The van der Waals surface area contributed by atoms with Crippen LogP contribution in [0.1, 0.15) is 39.5 Å². The van der Waals surface area contributed by atoms with Crippen molar-refractivity contribution in [3.05, 3.63) is 0 Å². The van der Waals surface area contributed by atoms with E-state index in [2.05, 4.69) is 17.6 Å². The minimum atomic E-state index is -0.499. The lowest BCUT2D eigenvalue weighted by Gasteiger charge is -2.12. The number of ether oxygens (including phenoxy) is 1. The van der Waals surface area contributed by atoms with Crippen LogP contribution in [0.2, 0.25) is 0 Å². The quantitative estimate of drug-likeness (QED) is 0.451. The molecule has 108 valence electrons. The molecule has 0 heterocycles. The predicted molar refractivity (Wildman–Crippen MR) is 72.5 cm³/mol. The second-order valence-corrected chi connectivity index (χ2v) is 4.39. The molecule has 0 aliphatic carbocycles. The highest BCUT2D eigenvalue weighted by atomic mass is 16.5. The normalized spacial score (nSPS) is 12.4. The molecule has 0 radical (unpaired) electrons. The van der Waals surface area contributed by atoms with Gasteiger partial charge in [-0.15, -0.1) is 0 Å². The van der Waals surface area contributed by atoms with Crippen LogP contribution in [-0.4, -0.2) is 50.0 Å². The number of hydrogen-bond acceptors (Lipinski definition) is 4. The Labute approximate surface area is 110 Å². The van der Waals surface area contributed by atoms with E-state index in [9.17, 15) is 9.90 Å². The van der Waals surface area contributed by atoms with Crippen LogP contribution in [-0.2, 0) is 9.53 Å². The van der Waals surface area contributed by atoms with E-state index < -0.39 is 6.10 Å². The zero-order valence-corrected chi connectivity index (χ0v) is 11.7. The molecule has 5 nitrogen and oxygen atoms in total. The van der Waals surface area contributed by atoms with Crippen molar-refractivity contribution in [2.75, 3.05) is 32.8 Å². The van der Waals surface area contributed by atoms with Crippen molar-refractivity contribution in [3.63, 3.8) is 0 Å². The lowest BCUT2D eigenvalue weighted by molar-refractivity contribution is -0.121. The number of carbonyl (C=O) groups is 1. The molecule has 0 aliphatic rings. The summed E-state index contributed by atoms with van der Waals surface area (Å²) in [5.41, 5.74) is 0. The molecule has 0 saturated heterocycles. The van der Waals surface area contributed by atoms with Crippen molar-refractivity contribution in [2.24, 2.45) is 0 Å². The van der Waals surface area contributed by atoms with Gasteiger partial charge in [0.25, 0.3) is 0 Å². The van der Waals surface area contributed by atoms with Gasteiger partial charge in [0.05, 0.1) is 12.7 Å². The molecule has 0 aromatic rings. The number of hydrogen-bond donors (Lipinski definition) is 3. The molecule has 0 aromatic heterocycles. The van der Waals surface area contributed by atoms with Gasteiger partial charge in [-0.2, -0.15) is 0 Å². The van der Waals surface area contributed by atoms with Gasteiger partial charge in [0.1, 0.15) is 0 Å². The number of carbonyl (C=O) groups excluding carboxylic acids is 1. The van der Waals surface area contributed by atoms with E-state index >= 15 is 0 Å². The standard InChI is InChI=1S/C13H28N2O3/c1-3-5-9-18-11-12(16)10-14-8-6-13(17)15-7-4-2/h12,14,16H,3-11H2,1-2H3,(H,15,17). The highest BCUT2D eigenvalue weighted by Gasteiger charge is 2.04. The van der Waals surface area contributed by atoms with Crippen molar-refractivity contribution in [1.82, 2.24) is 10.6 Å². The van der Waals surface area contributed by atoms with Crippen molar-refractivity contribution in [3.8, 4) is 0 Å². The van der Waals surface area contributed by atoms with E-state index in [1.807, 2.05) is 6.92 Å². The fourth-order valence-electron chi connectivity index (χ4n) is 1.35. The summed E-state index contributed by atoms with van der Waals surface area (Å²) in [6, 6.07) is 0. The summed E-state index contributed by atoms with van der Waals surface area (Å²) in [6.45, 7) is 6.96. The number of unbranched alkanes of at least 4 members (excludes halogenated alkanes) is 1. The lowest BCUT2D eigenvalue weighted by Crippen LogP contribution is -2.33. The molecule has 0 spiro atoms. The van der Waals surface area contributed by atoms with Crippen molar-refractivity contribution in [1.29, 1.82) is 0 Å². The summed E-state index contributed by atoms with van der Waals surface area (Å²) in [6.07, 6.45) is 3.02. The van der Waals surface area contributed by atoms with Crippen LogP contribution in [0.4, 0.5) is 0 Å². The van der Waals surface area contributed by atoms with E-state index in [0.717, 1.165) is 25.8 Å². The molecule has 18 heavy (non-hydrogen) atoms. The van der Waals surface area contributed by atoms with Crippen LogP contribution in [0.15, 0.2) is 0 Å². The zero-order chi connectivity index (χ0) is 13.6. The second kappa shape index (κ2) is 12.8. The molecule has 0 fully saturated rings. The number of rotatable bonds is 12. The summed E-state index contributed by atoms with van der Waals surface area (Å²) in [4.78, 5) is 11.3. The van der Waals surface area contributed by atoms with Crippen LogP contribution in [0.25, 0.3) is 0 Å². The van der Waals surface area contributed by atoms with Gasteiger partial charge in [-0.1, -0.05) is 20.3 Å². The van der Waals surface area contributed by atoms with Gasteiger partial charge < -0.3 is 20.5 Å². The fourth-order valence-corrected chi connectivity index (χ4v) is 1.35. The number of nitrogens with one attached hydrogen (secondary N) is 2. The zero-order valence-electron chi connectivity index (χ0n) is 11.7. The van der Waals surface area contributed by atoms with E-state index in [1.165, 1.54) is 0 Å². The maximum absolute atomic E-state index is 11.3. The highest BCUT2D eigenvalue weighted by molar-refractivity contribution is 5.75. The first-order valence-electron chi connectivity index (χ1n) is 6.93. The van der Waals surface area contributed by atoms with Crippen LogP contribution >= 0.6 is 0 Å². The number of amides is 1. The highest BCUT2D eigenvalue weighted by Crippen LogP contribution is 1.90. The average molecular weight is 260 g/mol. The Hall–Kier alpha value is -0.650. The van der Waals surface area contributed by atoms with Gasteiger partial charge in [0, 0.05) is 32.7 Å². The molecular weight excluding hydrogens is 232 g/mol. The molecule has 0 aliphatic heterocycles. The topological polar surface area (TPSA) is 70.6 Å². The smallest absolute Gasteiger partial charge is 0.221 e. The van der Waals surface area contributed by atoms with Crippen molar-refractivity contribution >= 4 is 5.91 Å². The van der Waals surface area contributed by atoms with Crippen LogP contribution in [0, 0.1) is 0 Å². The van der Waals surface area contributed by atoms with Crippen LogP contribution in [0.5, 0.6) is 0 Å². The Morgan fingerprint density at radius 2 is 2.06 bits per heavy atom. The molecule has 1 unspecified atom stereocenters. The maximum atomic E-state index is 11.3. The number of aliphatic hydroxyl groups excluding tert-OH is 1. The molecule has 5 heteroatoms. The first kappa shape index (κ1) is 17.4. The van der Waals surface area contributed by atoms with Gasteiger partial charge in [-0.25, -0.2) is 0 Å². The van der Waals surface area contributed by atoms with Crippen LogP contribution < -0.4 is 10.6 Å². The predicted octanol–water partition coefficient (Wildman–Crippen LogP) is 0.670. The van der Waals surface area contributed by atoms with Gasteiger partial charge >= 0.3 is 0 Å².